The molecule has 110 valence electrons. The van der Waals surface area contributed by atoms with Crippen LogP contribution >= 0.6 is 23.2 Å². The molecule has 0 fully saturated rings. The second kappa shape index (κ2) is 5.19. The Bertz CT molecular complexity index is 697. The Hall–Kier alpha value is -1.25. The van der Waals surface area contributed by atoms with Gasteiger partial charge in [0.1, 0.15) is 5.82 Å². The van der Waals surface area contributed by atoms with E-state index in [9.17, 15) is 4.39 Å². The molecule has 21 heavy (non-hydrogen) atoms. The Kier molecular flexibility index (Phi) is 3.62. The topological polar surface area (TPSA) is 12.0 Å². The summed E-state index contributed by atoms with van der Waals surface area (Å²) in [4.78, 5) is 0. The van der Waals surface area contributed by atoms with Gasteiger partial charge >= 0.3 is 0 Å². The maximum absolute atomic E-state index is 13.6. The first-order valence-electron chi connectivity index (χ1n) is 6.87. The van der Waals surface area contributed by atoms with E-state index in [1.807, 2.05) is 12.1 Å². The van der Waals surface area contributed by atoms with Gasteiger partial charge in [0.05, 0.1) is 11.1 Å². The van der Waals surface area contributed by atoms with Crippen molar-refractivity contribution >= 4 is 28.9 Å². The molecule has 0 saturated carbocycles. The molecule has 1 N–H and O–H groups in total. The van der Waals surface area contributed by atoms with Crippen LogP contribution in [0.5, 0.6) is 0 Å². The second-order valence-electron chi connectivity index (χ2n) is 6.21. The van der Waals surface area contributed by atoms with E-state index in [1.54, 1.807) is 12.1 Å². The van der Waals surface area contributed by atoms with E-state index in [4.69, 9.17) is 23.2 Å². The largest absolute Gasteiger partial charge is 0.378 e. The Balaban J connectivity index is 1.97. The van der Waals surface area contributed by atoms with Crippen LogP contribution in [-0.2, 0) is 6.42 Å². The summed E-state index contributed by atoms with van der Waals surface area (Å²) in [5, 5.41) is 4.28. The van der Waals surface area contributed by atoms with Gasteiger partial charge in [-0.3, -0.25) is 0 Å². The van der Waals surface area contributed by atoms with Crippen molar-refractivity contribution in [1.29, 1.82) is 0 Å². The van der Waals surface area contributed by atoms with E-state index in [2.05, 4.69) is 25.2 Å². The summed E-state index contributed by atoms with van der Waals surface area (Å²) in [5.41, 5.74) is 3.23. The van der Waals surface area contributed by atoms with Crippen LogP contribution in [-0.4, -0.2) is 0 Å². The summed E-state index contributed by atoms with van der Waals surface area (Å²) in [6.45, 7) is 4.40. The lowest BCUT2D eigenvalue weighted by atomic mass is 9.85. The third kappa shape index (κ3) is 2.75. The molecule has 0 spiro atoms. The minimum Gasteiger partial charge on any atom is -0.378 e. The molecule has 0 aromatic heterocycles. The number of benzene rings is 2. The van der Waals surface area contributed by atoms with Crippen molar-refractivity contribution in [2.24, 2.45) is 5.41 Å². The molecule has 1 atom stereocenters. The fraction of sp³-hybridized carbons (Fsp3) is 0.294. The molecule has 3 rings (SSSR count). The summed E-state index contributed by atoms with van der Waals surface area (Å²) in [7, 11) is 0. The molecule has 0 amide bonds. The molecule has 0 bridgehead atoms. The van der Waals surface area contributed by atoms with Gasteiger partial charge in [-0.05, 0) is 53.3 Å². The fourth-order valence-corrected chi connectivity index (χ4v) is 3.33. The SMILES string of the molecule is CC1(C)Cc2ccc(Cl)cc2C1Nc1ccc(Cl)c(F)c1. The number of nitrogens with one attached hydrogen (secondary N) is 1. The van der Waals surface area contributed by atoms with E-state index >= 15 is 0 Å². The van der Waals surface area contributed by atoms with Crippen molar-refractivity contribution in [2.45, 2.75) is 26.3 Å². The van der Waals surface area contributed by atoms with Gasteiger partial charge in [-0.2, -0.15) is 0 Å². The predicted molar refractivity (Wildman–Crippen MR) is 86.7 cm³/mol. The summed E-state index contributed by atoms with van der Waals surface area (Å²) < 4.78 is 13.6. The zero-order chi connectivity index (χ0) is 15.2. The first-order valence-corrected chi connectivity index (χ1v) is 7.62. The molecule has 0 radical (unpaired) electrons. The molecule has 0 saturated heterocycles. The quantitative estimate of drug-likeness (QED) is 0.728. The van der Waals surface area contributed by atoms with E-state index in [0.717, 1.165) is 17.1 Å². The molecule has 1 nitrogen and oxygen atoms in total. The van der Waals surface area contributed by atoms with Gasteiger partial charge in [0, 0.05) is 10.7 Å². The van der Waals surface area contributed by atoms with Crippen LogP contribution in [0.4, 0.5) is 10.1 Å². The summed E-state index contributed by atoms with van der Waals surface area (Å²) in [5.74, 6) is -0.413. The summed E-state index contributed by atoms with van der Waals surface area (Å²) in [6.07, 6.45) is 0.966. The lowest BCUT2D eigenvalue weighted by molar-refractivity contribution is 0.337. The number of fused-ring (bicyclic) bond motifs is 1. The van der Waals surface area contributed by atoms with Crippen LogP contribution in [0, 0.1) is 11.2 Å². The fourth-order valence-electron chi connectivity index (χ4n) is 3.04. The van der Waals surface area contributed by atoms with Crippen molar-refractivity contribution in [3.63, 3.8) is 0 Å². The normalized spacial score (nSPS) is 19.4. The van der Waals surface area contributed by atoms with Gasteiger partial charge in [0.2, 0.25) is 0 Å². The number of anilines is 1. The maximum Gasteiger partial charge on any atom is 0.143 e. The molecular formula is C17H16Cl2FN. The molecule has 0 aliphatic heterocycles. The van der Waals surface area contributed by atoms with Gasteiger partial charge in [-0.15, -0.1) is 0 Å². The first kappa shape index (κ1) is 14.7. The molecule has 2 aromatic carbocycles. The maximum atomic E-state index is 13.6. The number of hydrogen-bond donors (Lipinski definition) is 1. The predicted octanol–water partition coefficient (Wildman–Crippen LogP) is 5.87. The molecule has 1 aliphatic carbocycles. The van der Waals surface area contributed by atoms with Crippen LogP contribution < -0.4 is 5.32 Å². The van der Waals surface area contributed by atoms with Gasteiger partial charge in [0.25, 0.3) is 0 Å². The van der Waals surface area contributed by atoms with Crippen molar-refractivity contribution in [3.05, 3.63) is 63.4 Å². The lowest BCUT2D eigenvalue weighted by Crippen LogP contribution is -2.24. The zero-order valence-electron chi connectivity index (χ0n) is 11.9. The Morgan fingerprint density at radius 1 is 1.14 bits per heavy atom. The second-order valence-corrected chi connectivity index (χ2v) is 7.06. The highest BCUT2D eigenvalue weighted by Crippen LogP contribution is 2.47. The molecule has 4 heteroatoms. The average Bonchev–Trinajstić information content (AvgIpc) is 2.65. The standard InChI is InChI=1S/C17H16Cl2FN/c1-17(2)9-10-3-4-11(18)7-13(10)16(17)21-12-5-6-14(19)15(20)8-12/h3-8,16,21H,9H2,1-2H3. The van der Waals surface area contributed by atoms with Crippen molar-refractivity contribution in [3.8, 4) is 0 Å². The molecule has 2 aromatic rings. The van der Waals surface area contributed by atoms with Crippen LogP contribution in [0.25, 0.3) is 0 Å². The van der Waals surface area contributed by atoms with Crippen LogP contribution in [0.2, 0.25) is 10.0 Å². The monoisotopic (exact) mass is 323 g/mol. The third-order valence-electron chi connectivity index (χ3n) is 4.08. The highest BCUT2D eigenvalue weighted by Gasteiger charge is 2.39. The highest BCUT2D eigenvalue weighted by molar-refractivity contribution is 6.31. The number of rotatable bonds is 2. The highest BCUT2D eigenvalue weighted by atomic mass is 35.5. The molecule has 1 aliphatic rings. The lowest BCUT2D eigenvalue weighted by Gasteiger charge is -2.29. The number of hydrogen-bond acceptors (Lipinski definition) is 1. The van der Waals surface area contributed by atoms with E-state index < -0.39 is 5.82 Å². The van der Waals surface area contributed by atoms with Crippen LogP contribution in [0.1, 0.15) is 31.0 Å². The van der Waals surface area contributed by atoms with E-state index in [1.165, 1.54) is 17.2 Å². The third-order valence-corrected chi connectivity index (χ3v) is 4.62. The van der Waals surface area contributed by atoms with E-state index in [-0.39, 0.29) is 16.5 Å². The smallest absolute Gasteiger partial charge is 0.143 e. The zero-order valence-corrected chi connectivity index (χ0v) is 13.4. The summed E-state index contributed by atoms with van der Waals surface area (Å²) in [6, 6.07) is 10.9. The van der Waals surface area contributed by atoms with Gasteiger partial charge < -0.3 is 5.32 Å². The summed E-state index contributed by atoms with van der Waals surface area (Å²) >= 11 is 11.9. The van der Waals surface area contributed by atoms with Crippen LogP contribution in [0.15, 0.2) is 36.4 Å². The Labute approximate surface area is 134 Å². The minimum atomic E-state index is -0.413. The molecule has 1 unspecified atom stereocenters. The molecule has 0 heterocycles. The van der Waals surface area contributed by atoms with Gasteiger partial charge in [-0.25, -0.2) is 4.39 Å². The minimum absolute atomic E-state index is 0.0309. The molecular weight excluding hydrogens is 308 g/mol. The first-order chi connectivity index (χ1) is 9.87. The Morgan fingerprint density at radius 2 is 1.90 bits per heavy atom. The van der Waals surface area contributed by atoms with Crippen molar-refractivity contribution in [1.82, 2.24) is 0 Å². The van der Waals surface area contributed by atoms with Gasteiger partial charge in [0.15, 0.2) is 0 Å². The average molecular weight is 324 g/mol. The van der Waals surface area contributed by atoms with E-state index in [0.29, 0.717) is 0 Å². The van der Waals surface area contributed by atoms with Crippen molar-refractivity contribution < 1.29 is 4.39 Å². The van der Waals surface area contributed by atoms with Crippen LogP contribution in [0.3, 0.4) is 0 Å². The number of halogens is 3. The Morgan fingerprint density at radius 3 is 2.62 bits per heavy atom. The van der Waals surface area contributed by atoms with Gasteiger partial charge in [-0.1, -0.05) is 43.1 Å². The van der Waals surface area contributed by atoms with Crippen molar-refractivity contribution in [2.75, 3.05) is 5.32 Å².